The van der Waals surface area contributed by atoms with Crippen LogP contribution in [0, 0.1) is 0 Å². The lowest BCUT2D eigenvalue weighted by Gasteiger charge is -2.13. The van der Waals surface area contributed by atoms with E-state index in [1.807, 2.05) is 0 Å². The molecule has 0 saturated heterocycles. The second-order valence-electron chi connectivity index (χ2n) is 2.78. The molecule has 1 heterocycles. The van der Waals surface area contributed by atoms with Gasteiger partial charge in [-0.25, -0.2) is 0 Å². The summed E-state index contributed by atoms with van der Waals surface area (Å²) >= 11 is 5.75. The van der Waals surface area contributed by atoms with Crippen LogP contribution >= 0.6 is 11.6 Å². The van der Waals surface area contributed by atoms with Gasteiger partial charge in [0.15, 0.2) is 0 Å². The zero-order valence-corrected chi connectivity index (χ0v) is 7.94. The summed E-state index contributed by atoms with van der Waals surface area (Å²) in [6.07, 6.45) is -0.616. The van der Waals surface area contributed by atoms with Crippen molar-refractivity contribution < 1.29 is 10.2 Å². The number of nitrogens with zero attached hydrogens (tertiary/aromatic N) is 2. The van der Waals surface area contributed by atoms with Crippen molar-refractivity contribution in [1.29, 1.82) is 0 Å². The molecule has 6 heteroatoms. The van der Waals surface area contributed by atoms with Gasteiger partial charge in [0, 0.05) is 19.8 Å². The number of hydrogen-bond acceptors (Lipinski definition) is 4. The highest BCUT2D eigenvalue weighted by atomic mass is 35.5. The first kappa shape index (κ1) is 10.5. The van der Waals surface area contributed by atoms with Crippen molar-refractivity contribution in [2.75, 3.05) is 6.54 Å². The van der Waals surface area contributed by atoms with Crippen LogP contribution in [-0.2, 0) is 7.05 Å². The van der Waals surface area contributed by atoms with E-state index in [4.69, 9.17) is 17.3 Å². The van der Waals surface area contributed by atoms with Crippen molar-refractivity contribution in [3.63, 3.8) is 0 Å². The summed E-state index contributed by atoms with van der Waals surface area (Å²) in [6, 6.07) is 0. The third kappa shape index (κ3) is 2.19. The van der Waals surface area contributed by atoms with E-state index in [1.54, 1.807) is 13.2 Å². The van der Waals surface area contributed by atoms with Crippen LogP contribution in [0.2, 0.25) is 5.02 Å². The lowest BCUT2D eigenvalue weighted by atomic mass is 10.1. The molecule has 5 nitrogen and oxygen atoms in total. The Bertz CT molecular complexity index is 289. The molecule has 0 aliphatic heterocycles. The van der Waals surface area contributed by atoms with Crippen molar-refractivity contribution >= 4 is 11.6 Å². The minimum atomic E-state index is -1.13. The number of aryl methyl sites for hydroxylation is 1. The molecule has 4 N–H and O–H groups in total. The van der Waals surface area contributed by atoms with Crippen molar-refractivity contribution in [3.05, 3.63) is 16.9 Å². The van der Waals surface area contributed by atoms with Gasteiger partial charge in [0.05, 0.1) is 11.1 Å². The predicted molar refractivity (Wildman–Crippen MR) is 48.2 cm³/mol. The summed E-state index contributed by atoms with van der Waals surface area (Å²) in [5.41, 5.74) is 5.43. The Morgan fingerprint density at radius 1 is 1.69 bits per heavy atom. The van der Waals surface area contributed by atoms with Crippen LogP contribution in [-0.4, -0.2) is 32.6 Å². The first-order chi connectivity index (χ1) is 6.06. The predicted octanol–water partition coefficient (Wildman–Crippen LogP) is -0.574. The SMILES string of the molecule is Cn1cc(Cl)c(C(O)C(O)CN)n1. The molecule has 13 heavy (non-hydrogen) atoms. The van der Waals surface area contributed by atoms with E-state index in [1.165, 1.54) is 4.68 Å². The molecule has 2 unspecified atom stereocenters. The zero-order valence-electron chi connectivity index (χ0n) is 7.18. The molecule has 0 saturated carbocycles. The molecule has 2 atom stereocenters. The molecule has 0 spiro atoms. The third-order valence-corrected chi connectivity index (χ3v) is 1.99. The highest BCUT2D eigenvalue weighted by Crippen LogP contribution is 2.22. The van der Waals surface area contributed by atoms with E-state index in [9.17, 15) is 10.2 Å². The van der Waals surface area contributed by atoms with Gasteiger partial charge in [-0.05, 0) is 0 Å². The lowest BCUT2D eigenvalue weighted by Crippen LogP contribution is -2.27. The zero-order chi connectivity index (χ0) is 10.0. The fraction of sp³-hybridized carbons (Fsp3) is 0.571. The molecular weight excluding hydrogens is 194 g/mol. The van der Waals surface area contributed by atoms with Gasteiger partial charge in [-0.15, -0.1) is 0 Å². The second-order valence-corrected chi connectivity index (χ2v) is 3.19. The molecule has 1 rings (SSSR count). The molecule has 0 aromatic carbocycles. The smallest absolute Gasteiger partial charge is 0.126 e. The highest BCUT2D eigenvalue weighted by molar-refractivity contribution is 6.31. The fourth-order valence-electron chi connectivity index (χ4n) is 0.988. The van der Waals surface area contributed by atoms with Gasteiger partial charge in [0.1, 0.15) is 11.8 Å². The van der Waals surface area contributed by atoms with E-state index < -0.39 is 12.2 Å². The summed E-state index contributed by atoms with van der Waals surface area (Å²) in [7, 11) is 1.68. The van der Waals surface area contributed by atoms with Crippen LogP contribution in [0.3, 0.4) is 0 Å². The van der Waals surface area contributed by atoms with Crippen LogP contribution < -0.4 is 5.73 Å². The van der Waals surface area contributed by atoms with E-state index in [0.29, 0.717) is 5.02 Å². The first-order valence-electron chi connectivity index (χ1n) is 3.81. The fourth-order valence-corrected chi connectivity index (χ4v) is 1.28. The highest BCUT2D eigenvalue weighted by Gasteiger charge is 2.22. The Hall–Kier alpha value is -0.620. The van der Waals surface area contributed by atoms with Gasteiger partial charge in [-0.1, -0.05) is 11.6 Å². The number of aromatic nitrogens is 2. The summed E-state index contributed by atoms with van der Waals surface area (Å²) < 4.78 is 1.46. The molecule has 0 radical (unpaired) electrons. The number of nitrogens with two attached hydrogens (primary N) is 1. The molecule has 0 aliphatic rings. The third-order valence-electron chi connectivity index (χ3n) is 1.70. The molecule has 0 fully saturated rings. The van der Waals surface area contributed by atoms with E-state index in [0.717, 1.165) is 0 Å². The Morgan fingerprint density at radius 2 is 2.31 bits per heavy atom. The number of aliphatic hydroxyl groups excluding tert-OH is 2. The quantitative estimate of drug-likeness (QED) is 0.617. The Labute approximate surface area is 80.7 Å². The van der Waals surface area contributed by atoms with Gasteiger partial charge in [-0.2, -0.15) is 5.10 Å². The normalized spacial score (nSPS) is 15.8. The van der Waals surface area contributed by atoms with Gasteiger partial charge in [0.2, 0.25) is 0 Å². The maximum atomic E-state index is 9.49. The molecular formula is C7H12ClN3O2. The lowest BCUT2D eigenvalue weighted by molar-refractivity contribution is 0.0215. The average molecular weight is 206 g/mol. The summed E-state index contributed by atoms with van der Waals surface area (Å²) in [5, 5.41) is 22.9. The van der Waals surface area contributed by atoms with E-state index in [2.05, 4.69) is 5.10 Å². The van der Waals surface area contributed by atoms with Crippen molar-refractivity contribution in [3.8, 4) is 0 Å². The van der Waals surface area contributed by atoms with Crippen molar-refractivity contribution in [1.82, 2.24) is 9.78 Å². The van der Waals surface area contributed by atoms with Gasteiger partial charge < -0.3 is 15.9 Å². The van der Waals surface area contributed by atoms with E-state index in [-0.39, 0.29) is 12.2 Å². The minimum Gasteiger partial charge on any atom is -0.389 e. The van der Waals surface area contributed by atoms with Crippen LogP contribution in [0.1, 0.15) is 11.8 Å². The van der Waals surface area contributed by atoms with Crippen LogP contribution in [0.25, 0.3) is 0 Å². The largest absolute Gasteiger partial charge is 0.389 e. The number of halogens is 1. The monoisotopic (exact) mass is 205 g/mol. The minimum absolute atomic E-state index is 0.0337. The number of aliphatic hydroxyl groups is 2. The topological polar surface area (TPSA) is 84.3 Å². The van der Waals surface area contributed by atoms with Gasteiger partial charge in [-0.3, -0.25) is 4.68 Å². The summed E-state index contributed by atoms with van der Waals surface area (Å²) in [4.78, 5) is 0. The molecule has 1 aromatic rings. The Morgan fingerprint density at radius 3 is 2.69 bits per heavy atom. The summed E-state index contributed by atoms with van der Waals surface area (Å²) in [6.45, 7) is -0.0337. The second kappa shape index (κ2) is 4.06. The maximum absolute atomic E-state index is 9.49. The Balaban J connectivity index is 2.87. The average Bonchev–Trinajstić information content (AvgIpc) is 2.42. The standard InChI is InChI=1S/C7H12ClN3O2/c1-11-3-4(8)6(10-11)7(13)5(12)2-9/h3,5,7,12-13H,2,9H2,1H3. The molecule has 0 amide bonds. The maximum Gasteiger partial charge on any atom is 0.126 e. The van der Waals surface area contributed by atoms with Crippen molar-refractivity contribution in [2.24, 2.45) is 12.8 Å². The number of rotatable bonds is 3. The van der Waals surface area contributed by atoms with Gasteiger partial charge >= 0.3 is 0 Å². The molecule has 0 bridgehead atoms. The number of hydrogen-bond donors (Lipinski definition) is 3. The molecule has 0 aliphatic carbocycles. The molecule has 74 valence electrons. The van der Waals surface area contributed by atoms with Crippen LogP contribution in [0.4, 0.5) is 0 Å². The van der Waals surface area contributed by atoms with Gasteiger partial charge in [0.25, 0.3) is 0 Å². The van der Waals surface area contributed by atoms with E-state index >= 15 is 0 Å². The van der Waals surface area contributed by atoms with Crippen molar-refractivity contribution in [2.45, 2.75) is 12.2 Å². The summed E-state index contributed by atoms with van der Waals surface area (Å²) in [5.74, 6) is 0. The van der Waals surface area contributed by atoms with Crippen LogP contribution in [0.5, 0.6) is 0 Å². The molecule has 1 aromatic heterocycles. The van der Waals surface area contributed by atoms with Crippen LogP contribution in [0.15, 0.2) is 6.20 Å². The first-order valence-corrected chi connectivity index (χ1v) is 4.19. The Kier molecular flexibility index (Phi) is 3.27.